The quantitative estimate of drug-likeness (QED) is 0.687. The summed E-state index contributed by atoms with van der Waals surface area (Å²) in [5.41, 5.74) is 8.83. The molecule has 0 radical (unpaired) electrons. The fourth-order valence-electron chi connectivity index (χ4n) is 2.33. The van der Waals surface area contributed by atoms with Crippen LogP contribution >= 0.6 is 0 Å². The number of fused-ring (bicyclic) bond motifs is 1. The first-order valence-corrected chi connectivity index (χ1v) is 6.90. The van der Waals surface area contributed by atoms with Crippen molar-refractivity contribution in [2.24, 2.45) is 5.73 Å². The van der Waals surface area contributed by atoms with Crippen molar-refractivity contribution in [2.45, 2.75) is 12.5 Å². The molecule has 0 fully saturated rings. The van der Waals surface area contributed by atoms with Crippen LogP contribution in [0.2, 0.25) is 0 Å². The number of H-pyrrole nitrogens is 1. The van der Waals surface area contributed by atoms with Gasteiger partial charge in [0, 0.05) is 22.8 Å². The summed E-state index contributed by atoms with van der Waals surface area (Å²) < 4.78 is 0. The lowest BCUT2D eigenvalue weighted by atomic mass is 10.1. The molecule has 0 aliphatic rings. The highest BCUT2D eigenvalue weighted by Gasteiger charge is 2.14. The SMILES string of the molecule is N[C@@H](Cc1ccccc1)C(=O)Nc1ccc2[nH]ccc2c1. The van der Waals surface area contributed by atoms with E-state index >= 15 is 0 Å². The number of hydrogen-bond donors (Lipinski definition) is 3. The van der Waals surface area contributed by atoms with Gasteiger partial charge in [0.15, 0.2) is 0 Å². The van der Waals surface area contributed by atoms with Gasteiger partial charge in [-0.05, 0) is 36.2 Å². The van der Waals surface area contributed by atoms with Crippen molar-refractivity contribution in [3.8, 4) is 0 Å². The monoisotopic (exact) mass is 279 g/mol. The second kappa shape index (κ2) is 5.81. The lowest BCUT2D eigenvalue weighted by Gasteiger charge is -2.12. The van der Waals surface area contributed by atoms with Gasteiger partial charge in [0.25, 0.3) is 0 Å². The number of rotatable bonds is 4. The van der Waals surface area contributed by atoms with Gasteiger partial charge in [0.1, 0.15) is 0 Å². The maximum absolute atomic E-state index is 12.1. The van der Waals surface area contributed by atoms with Crippen LogP contribution in [0.4, 0.5) is 5.69 Å². The molecule has 2 aromatic carbocycles. The number of carbonyl (C=O) groups is 1. The Morgan fingerprint density at radius 3 is 2.76 bits per heavy atom. The Morgan fingerprint density at radius 2 is 1.95 bits per heavy atom. The molecule has 0 bridgehead atoms. The normalized spacial score (nSPS) is 12.2. The average molecular weight is 279 g/mol. The van der Waals surface area contributed by atoms with Gasteiger partial charge in [0.05, 0.1) is 6.04 Å². The highest BCUT2D eigenvalue weighted by molar-refractivity contribution is 5.96. The minimum Gasteiger partial charge on any atom is -0.361 e. The first kappa shape index (κ1) is 13.4. The highest BCUT2D eigenvalue weighted by Crippen LogP contribution is 2.18. The summed E-state index contributed by atoms with van der Waals surface area (Å²) >= 11 is 0. The van der Waals surface area contributed by atoms with Gasteiger partial charge >= 0.3 is 0 Å². The summed E-state index contributed by atoms with van der Waals surface area (Å²) in [7, 11) is 0. The van der Waals surface area contributed by atoms with Crippen LogP contribution in [-0.4, -0.2) is 16.9 Å². The summed E-state index contributed by atoms with van der Waals surface area (Å²) in [5.74, 6) is -0.172. The summed E-state index contributed by atoms with van der Waals surface area (Å²) in [6, 6.07) is 16.9. The van der Waals surface area contributed by atoms with Crippen molar-refractivity contribution in [2.75, 3.05) is 5.32 Å². The van der Waals surface area contributed by atoms with Crippen LogP contribution in [0.3, 0.4) is 0 Å². The van der Waals surface area contributed by atoms with E-state index in [0.717, 1.165) is 22.2 Å². The molecule has 1 heterocycles. The molecule has 3 rings (SSSR count). The molecule has 4 heteroatoms. The fraction of sp³-hybridized carbons (Fsp3) is 0.118. The van der Waals surface area contributed by atoms with Crippen molar-refractivity contribution >= 4 is 22.5 Å². The van der Waals surface area contributed by atoms with Gasteiger partial charge in [-0.25, -0.2) is 0 Å². The van der Waals surface area contributed by atoms with E-state index < -0.39 is 6.04 Å². The zero-order valence-corrected chi connectivity index (χ0v) is 11.5. The molecule has 1 amide bonds. The molecule has 1 aromatic heterocycles. The second-order valence-electron chi connectivity index (χ2n) is 5.07. The van der Waals surface area contributed by atoms with E-state index in [-0.39, 0.29) is 5.91 Å². The Balaban J connectivity index is 1.67. The van der Waals surface area contributed by atoms with Crippen molar-refractivity contribution < 1.29 is 4.79 Å². The lowest BCUT2D eigenvalue weighted by molar-refractivity contribution is -0.117. The van der Waals surface area contributed by atoms with Gasteiger partial charge in [-0.2, -0.15) is 0 Å². The van der Waals surface area contributed by atoms with Gasteiger partial charge in [-0.3, -0.25) is 4.79 Å². The topological polar surface area (TPSA) is 70.9 Å². The summed E-state index contributed by atoms with van der Waals surface area (Å²) in [6.07, 6.45) is 2.40. The van der Waals surface area contributed by atoms with E-state index in [0.29, 0.717) is 6.42 Å². The van der Waals surface area contributed by atoms with Gasteiger partial charge in [-0.15, -0.1) is 0 Å². The van der Waals surface area contributed by atoms with E-state index in [9.17, 15) is 4.79 Å². The van der Waals surface area contributed by atoms with Crippen molar-refractivity contribution in [3.05, 3.63) is 66.4 Å². The largest absolute Gasteiger partial charge is 0.361 e. The van der Waals surface area contributed by atoms with Crippen LogP contribution in [0.25, 0.3) is 10.9 Å². The summed E-state index contributed by atoms with van der Waals surface area (Å²) in [6.45, 7) is 0. The number of aromatic amines is 1. The number of nitrogens with two attached hydrogens (primary N) is 1. The maximum atomic E-state index is 12.1. The zero-order chi connectivity index (χ0) is 14.7. The smallest absolute Gasteiger partial charge is 0.241 e. The maximum Gasteiger partial charge on any atom is 0.241 e. The Kier molecular flexibility index (Phi) is 3.71. The molecule has 21 heavy (non-hydrogen) atoms. The lowest BCUT2D eigenvalue weighted by Crippen LogP contribution is -2.37. The van der Waals surface area contributed by atoms with Crippen LogP contribution < -0.4 is 11.1 Å². The highest BCUT2D eigenvalue weighted by atomic mass is 16.2. The fourth-order valence-corrected chi connectivity index (χ4v) is 2.33. The Hall–Kier alpha value is -2.59. The molecule has 0 unspecified atom stereocenters. The molecule has 0 aliphatic carbocycles. The molecule has 3 aromatic rings. The van der Waals surface area contributed by atoms with Crippen LogP contribution in [0, 0.1) is 0 Å². The van der Waals surface area contributed by atoms with Gasteiger partial charge < -0.3 is 16.0 Å². The molecule has 0 saturated carbocycles. The Morgan fingerprint density at radius 1 is 1.14 bits per heavy atom. The van der Waals surface area contributed by atoms with E-state index in [2.05, 4.69) is 10.3 Å². The molecule has 0 aliphatic heterocycles. The Bertz CT molecular complexity index is 749. The van der Waals surface area contributed by atoms with E-state index in [1.807, 2.05) is 60.8 Å². The minimum absolute atomic E-state index is 0.172. The molecular weight excluding hydrogens is 262 g/mol. The van der Waals surface area contributed by atoms with Crippen LogP contribution in [0.15, 0.2) is 60.8 Å². The van der Waals surface area contributed by atoms with E-state index in [4.69, 9.17) is 5.73 Å². The van der Waals surface area contributed by atoms with Crippen molar-refractivity contribution in [1.29, 1.82) is 0 Å². The number of amides is 1. The molecule has 4 nitrogen and oxygen atoms in total. The first-order valence-electron chi connectivity index (χ1n) is 6.90. The molecule has 0 spiro atoms. The minimum atomic E-state index is -0.561. The molecule has 106 valence electrons. The van der Waals surface area contributed by atoms with Gasteiger partial charge in [-0.1, -0.05) is 30.3 Å². The Labute approximate surface area is 123 Å². The standard InChI is InChI=1S/C17H17N3O/c18-15(10-12-4-2-1-3-5-12)17(21)20-14-6-7-16-13(11-14)8-9-19-16/h1-9,11,15,19H,10,18H2,(H,20,21)/t15-/m0/s1. The third-order valence-corrected chi connectivity index (χ3v) is 3.46. The van der Waals surface area contributed by atoms with Crippen LogP contribution in [0.1, 0.15) is 5.56 Å². The second-order valence-corrected chi connectivity index (χ2v) is 5.07. The number of benzene rings is 2. The molecule has 0 saturated heterocycles. The number of carbonyl (C=O) groups excluding carboxylic acids is 1. The number of aromatic nitrogens is 1. The van der Waals surface area contributed by atoms with Crippen LogP contribution in [0.5, 0.6) is 0 Å². The van der Waals surface area contributed by atoms with Crippen molar-refractivity contribution in [3.63, 3.8) is 0 Å². The molecular formula is C17H17N3O. The summed E-state index contributed by atoms with van der Waals surface area (Å²) in [5, 5.41) is 3.93. The number of anilines is 1. The third-order valence-electron chi connectivity index (χ3n) is 3.46. The van der Waals surface area contributed by atoms with E-state index in [1.165, 1.54) is 0 Å². The third kappa shape index (κ3) is 3.12. The first-order chi connectivity index (χ1) is 10.2. The average Bonchev–Trinajstić information content (AvgIpc) is 2.95. The number of nitrogens with one attached hydrogen (secondary N) is 2. The predicted molar refractivity (Wildman–Crippen MR) is 85.0 cm³/mol. The molecule has 4 N–H and O–H groups in total. The summed E-state index contributed by atoms with van der Waals surface area (Å²) in [4.78, 5) is 15.3. The van der Waals surface area contributed by atoms with Crippen molar-refractivity contribution in [1.82, 2.24) is 4.98 Å². The van der Waals surface area contributed by atoms with Crippen LogP contribution in [-0.2, 0) is 11.2 Å². The van der Waals surface area contributed by atoms with E-state index in [1.54, 1.807) is 0 Å². The number of hydrogen-bond acceptors (Lipinski definition) is 2. The zero-order valence-electron chi connectivity index (χ0n) is 11.5. The predicted octanol–water partition coefficient (Wildman–Crippen LogP) is 2.68. The molecule has 1 atom stereocenters. The van der Waals surface area contributed by atoms with Gasteiger partial charge in [0.2, 0.25) is 5.91 Å².